The Hall–Kier alpha value is -2.45. The molecule has 0 fully saturated rings. The molecule has 0 aliphatic carbocycles. The second-order valence-electron chi connectivity index (χ2n) is 6.26. The van der Waals surface area contributed by atoms with Gasteiger partial charge in [0.25, 0.3) is 0 Å². The Labute approximate surface area is 136 Å². The Balaban J connectivity index is 2.08. The summed E-state index contributed by atoms with van der Waals surface area (Å²) in [6.45, 7) is 5.06. The van der Waals surface area contributed by atoms with Crippen molar-refractivity contribution in [2.45, 2.75) is 45.2 Å². The standard InChI is InChI=1S/C15H17F3N2O4/c1-14(2,3)24-13(22)20-11-6-8-4-5-9(23-15(16,17)18)7-10(8)19-12(11)21/h4-5,7,11H,6H2,1-3H3,(H,19,21)(H,20,22)/t11-/m1/s1. The molecule has 2 amide bonds. The normalized spacial score (nSPS) is 17.6. The third kappa shape index (κ3) is 5.04. The number of alkyl carbamates (subject to hydrolysis) is 1. The lowest BCUT2D eigenvalue weighted by Gasteiger charge is -2.27. The van der Waals surface area contributed by atoms with Crippen LogP contribution < -0.4 is 15.4 Å². The summed E-state index contributed by atoms with van der Waals surface area (Å²) in [5.41, 5.74) is 0.0749. The molecule has 24 heavy (non-hydrogen) atoms. The lowest BCUT2D eigenvalue weighted by Crippen LogP contribution is -2.49. The highest BCUT2D eigenvalue weighted by atomic mass is 19.4. The van der Waals surface area contributed by atoms with Crippen LogP contribution in [0.5, 0.6) is 5.75 Å². The number of amides is 2. The SMILES string of the molecule is CC(C)(C)OC(=O)N[C@@H]1Cc2ccc(OC(F)(F)F)cc2NC1=O. The number of hydrogen-bond acceptors (Lipinski definition) is 4. The maximum absolute atomic E-state index is 12.2. The quantitative estimate of drug-likeness (QED) is 0.863. The molecule has 0 spiro atoms. The molecule has 2 N–H and O–H groups in total. The summed E-state index contributed by atoms with van der Waals surface area (Å²) in [6, 6.07) is 2.76. The van der Waals surface area contributed by atoms with Gasteiger partial charge in [0.05, 0.1) is 0 Å². The van der Waals surface area contributed by atoms with Crippen molar-refractivity contribution < 1.29 is 32.2 Å². The van der Waals surface area contributed by atoms with Gasteiger partial charge in [0.15, 0.2) is 0 Å². The molecule has 6 nitrogen and oxygen atoms in total. The maximum Gasteiger partial charge on any atom is 0.573 e. The largest absolute Gasteiger partial charge is 0.573 e. The third-order valence-corrected chi connectivity index (χ3v) is 3.00. The summed E-state index contributed by atoms with van der Waals surface area (Å²) < 4.78 is 45.5. The first-order chi connectivity index (χ1) is 10.9. The monoisotopic (exact) mass is 346 g/mol. The number of anilines is 1. The number of rotatable bonds is 2. The molecule has 132 valence electrons. The first kappa shape index (κ1) is 17.9. The molecule has 2 rings (SSSR count). The maximum atomic E-state index is 12.2. The molecule has 0 saturated heterocycles. The van der Waals surface area contributed by atoms with Crippen LogP contribution in [-0.4, -0.2) is 30.0 Å². The van der Waals surface area contributed by atoms with Crippen LogP contribution in [-0.2, 0) is 16.0 Å². The zero-order valence-electron chi connectivity index (χ0n) is 13.3. The summed E-state index contributed by atoms with van der Waals surface area (Å²) >= 11 is 0. The minimum absolute atomic E-state index is 0.132. The second kappa shape index (κ2) is 6.21. The van der Waals surface area contributed by atoms with Crippen molar-refractivity contribution in [1.82, 2.24) is 5.32 Å². The molecule has 1 atom stereocenters. The van der Waals surface area contributed by atoms with Gasteiger partial charge >= 0.3 is 12.5 Å². The van der Waals surface area contributed by atoms with Crippen LogP contribution in [0, 0.1) is 0 Å². The van der Waals surface area contributed by atoms with Gasteiger partial charge in [-0.1, -0.05) is 6.07 Å². The van der Waals surface area contributed by atoms with Crippen molar-refractivity contribution in [3.05, 3.63) is 23.8 Å². The van der Waals surface area contributed by atoms with Gasteiger partial charge in [-0.25, -0.2) is 4.79 Å². The summed E-state index contributed by atoms with van der Waals surface area (Å²) in [5, 5.41) is 4.88. The highest BCUT2D eigenvalue weighted by molar-refractivity contribution is 5.99. The van der Waals surface area contributed by atoms with Gasteiger partial charge in [-0.15, -0.1) is 13.2 Å². The molecule has 0 saturated carbocycles. The Kier molecular flexibility index (Phi) is 4.63. The number of alkyl halides is 3. The molecule has 1 aliphatic rings. The fraction of sp³-hybridized carbons (Fsp3) is 0.467. The van der Waals surface area contributed by atoms with Crippen LogP contribution in [0.2, 0.25) is 0 Å². The fourth-order valence-corrected chi connectivity index (χ4v) is 2.15. The van der Waals surface area contributed by atoms with Crippen molar-refractivity contribution in [2.24, 2.45) is 0 Å². The topological polar surface area (TPSA) is 76.7 Å². The van der Waals surface area contributed by atoms with Gasteiger partial charge in [0.2, 0.25) is 5.91 Å². The molecule has 1 aliphatic heterocycles. The predicted molar refractivity (Wildman–Crippen MR) is 78.6 cm³/mol. The van der Waals surface area contributed by atoms with E-state index in [-0.39, 0.29) is 12.1 Å². The molecule has 1 aromatic carbocycles. The fourth-order valence-electron chi connectivity index (χ4n) is 2.15. The number of halogens is 3. The van der Waals surface area contributed by atoms with Crippen LogP contribution in [0.4, 0.5) is 23.7 Å². The molecule has 1 heterocycles. The third-order valence-electron chi connectivity index (χ3n) is 3.00. The number of benzene rings is 1. The highest BCUT2D eigenvalue weighted by Gasteiger charge is 2.33. The van der Waals surface area contributed by atoms with Crippen molar-refractivity contribution in [3.63, 3.8) is 0 Å². The molecular formula is C15H17F3N2O4. The van der Waals surface area contributed by atoms with E-state index in [1.807, 2.05) is 0 Å². The van der Waals surface area contributed by atoms with Crippen molar-refractivity contribution in [1.29, 1.82) is 0 Å². The molecule has 9 heteroatoms. The van der Waals surface area contributed by atoms with Crippen LogP contribution >= 0.6 is 0 Å². The van der Waals surface area contributed by atoms with E-state index in [1.165, 1.54) is 6.07 Å². The summed E-state index contributed by atoms with van der Waals surface area (Å²) in [4.78, 5) is 23.7. The van der Waals surface area contributed by atoms with Crippen molar-refractivity contribution in [3.8, 4) is 5.75 Å². The van der Waals surface area contributed by atoms with Gasteiger partial charge in [-0.05, 0) is 32.4 Å². The van der Waals surface area contributed by atoms with Crippen LogP contribution in [0.3, 0.4) is 0 Å². The summed E-state index contributed by atoms with van der Waals surface area (Å²) in [7, 11) is 0. The van der Waals surface area contributed by atoms with E-state index in [0.29, 0.717) is 5.56 Å². The van der Waals surface area contributed by atoms with E-state index < -0.39 is 35.8 Å². The van der Waals surface area contributed by atoms with E-state index >= 15 is 0 Å². The predicted octanol–water partition coefficient (Wildman–Crippen LogP) is 2.97. The second-order valence-corrected chi connectivity index (χ2v) is 6.26. The van der Waals surface area contributed by atoms with Crippen molar-refractivity contribution in [2.75, 3.05) is 5.32 Å². The van der Waals surface area contributed by atoms with Crippen LogP contribution in [0.15, 0.2) is 18.2 Å². The molecule has 0 aromatic heterocycles. The Morgan fingerprint density at radius 1 is 1.29 bits per heavy atom. The number of fused-ring (bicyclic) bond motifs is 1. The molecule has 0 radical (unpaired) electrons. The minimum Gasteiger partial charge on any atom is -0.444 e. The number of nitrogens with one attached hydrogen (secondary N) is 2. The Bertz CT molecular complexity index is 653. The molecule has 1 aromatic rings. The Morgan fingerprint density at radius 2 is 1.96 bits per heavy atom. The average molecular weight is 346 g/mol. The van der Waals surface area contributed by atoms with E-state index in [9.17, 15) is 22.8 Å². The number of hydrogen-bond donors (Lipinski definition) is 2. The van der Waals surface area contributed by atoms with E-state index in [2.05, 4.69) is 15.4 Å². The zero-order valence-corrected chi connectivity index (χ0v) is 13.3. The smallest absolute Gasteiger partial charge is 0.444 e. The summed E-state index contributed by atoms with van der Waals surface area (Å²) in [6.07, 6.45) is -5.43. The number of carbonyl (C=O) groups excluding carboxylic acids is 2. The van der Waals surface area contributed by atoms with Gasteiger partial charge in [0, 0.05) is 18.2 Å². The lowest BCUT2D eigenvalue weighted by molar-refractivity contribution is -0.274. The van der Waals surface area contributed by atoms with Crippen LogP contribution in [0.25, 0.3) is 0 Å². The van der Waals surface area contributed by atoms with Gasteiger partial charge < -0.3 is 20.1 Å². The van der Waals surface area contributed by atoms with Gasteiger partial charge in [-0.2, -0.15) is 0 Å². The average Bonchev–Trinajstić information content (AvgIpc) is 2.35. The van der Waals surface area contributed by atoms with E-state index in [4.69, 9.17) is 4.74 Å². The first-order valence-electron chi connectivity index (χ1n) is 7.12. The first-order valence-corrected chi connectivity index (χ1v) is 7.12. The van der Waals surface area contributed by atoms with Crippen molar-refractivity contribution >= 4 is 17.7 Å². The lowest BCUT2D eigenvalue weighted by atomic mass is 9.99. The Morgan fingerprint density at radius 3 is 2.54 bits per heavy atom. The summed E-state index contributed by atoms with van der Waals surface area (Å²) in [5.74, 6) is -0.974. The van der Waals surface area contributed by atoms with Gasteiger partial charge in [-0.3, -0.25) is 4.79 Å². The minimum atomic E-state index is -4.81. The van der Waals surface area contributed by atoms with Crippen LogP contribution in [0.1, 0.15) is 26.3 Å². The van der Waals surface area contributed by atoms with E-state index in [1.54, 1.807) is 20.8 Å². The number of carbonyl (C=O) groups is 2. The zero-order chi connectivity index (χ0) is 18.1. The molecule has 0 bridgehead atoms. The van der Waals surface area contributed by atoms with Gasteiger partial charge in [0.1, 0.15) is 17.4 Å². The number of ether oxygens (including phenoxy) is 2. The van der Waals surface area contributed by atoms with E-state index in [0.717, 1.165) is 12.1 Å². The molecular weight excluding hydrogens is 329 g/mol. The highest BCUT2D eigenvalue weighted by Crippen LogP contribution is 2.30. The molecule has 0 unspecified atom stereocenters.